The lowest BCUT2D eigenvalue weighted by atomic mass is 9.97. The van der Waals surface area contributed by atoms with Gasteiger partial charge in [-0.25, -0.2) is 0 Å². The Balaban J connectivity index is 2.12. The highest BCUT2D eigenvalue weighted by molar-refractivity contribution is 7.67. The van der Waals surface area contributed by atoms with Gasteiger partial charge in [0.15, 0.2) is 11.5 Å². The molecule has 1 heterocycles. The Hall–Kier alpha value is -2.87. The molecule has 0 saturated heterocycles. The van der Waals surface area contributed by atoms with Crippen LogP contribution in [-0.2, 0) is 11.0 Å². The minimum atomic E-state index is -3.05. The number of ether oxygens (including phenoxy) is 1. The van der Waals surface area contributed by atoms with Crippen molar-refractivity contribution in [2.75, 3.05) is 7.11 Å². The average molecular weight is 373 g/mol. The minimum Gasteiger partial charge on any atom is -0.493 e. The predicted octanol–water partition coefficient (Wildman–Crippen LogP) is 2.98. The molecule has 0 aliphatic heterocycles. The maximum Gasteiger partial charge on any atom is 0.299 e. The molecule has 0 aliphatic rings. The monoisotopic (exact) mass is 373 g/mol. The lowest BCUT2D eigenvalue weighted by Crippen LogP contribution is -1.95. The molecule has 1 aromatic heterocycles. The molecule has 26 heavy (non-hydrogen) atoms. The highest BCUT2D eigenvalue weighted by atomic mass is 32.2. The average Bonchev–Trinajstić information content (AvgIpc) is 3.08. The van der Waals surface area contributed by atoms with Crippen LogP contribution in [0.1, 0.15) is 16.7 Å². The van der Waals surface area contributed by atoms with E-state index in [1.807, 2.05) is 0 Å². The molecule has 0 bridgehead atoms. The van der Waals surface area contributed by atoms with Gasteiger partial charge < -0.3 is 8.92 Å². The third-order valence-electron chi connectivity index (χ3n) is 4.37. The molecule has 7 nitrogen and oxygen atoms in total. The van der Waals surface area contributed by atoms with Crippen LogP contribution in [0.4, 0.5) is 0 Å². The van der Waals surface area contributed by atoms with Crippen LogP contribution >= 0.6 is 0 Å². The van der Waals surface area contributed by atoms with Crippen molar-refractivity contribution in [2.45, 2.75) is 20.8 Å². The summed E-state index contributed by atoms with van der Waals surface area (Å²) in [5.74, 6) is 0.432. The predicted molar refractivity (Wildman–Crippen MR) is 99.0 cm³/mol. The minimum absolute atomic E-state index is 0.109. The molecule has 3 aromatic rings. The van der Waals surface area contributed by atoms with Crippen molar-refractivity contribution in [3.05, 3.63) is 47.0 Å². The van der Waals surface area contributed by atoms with Crippen LogP contribution in [0.3, 0.4) is 0 Å². The Kier molecular flexibility index (Phi) is 4.94. The SMILES string of the molecule is COc1ccc(-c2[nH]nnc2-c2cc(C)c(C)c(C)c2)cc1O[SH](=O)=O. The van der Waals surface area contributed by atoms with Crippen molar-refractivity contribution in [1.29, 1.82) is 0 Å². The molecule has 3 rings (SSSR count). The van der Waals surface area contributed by atoms with E-state index in [1.54, 1.807) is 18.2 Å². The number of benzene rings is 2. The van der Waals surface area contributed by atoms with E-state index in [0.717, 1.165) is 16.7 Å². The zero-order valence-corrected chi connectivity index (χ0v) is 15.8. The van der Waals surface area contributed by atoms with Crippen LogP contribution in [0.2, 0.25) is 0 Å². The van der Waals surface area contributed by atoms with Gasteiger partial charge in [-0.2, -0.15) is 8.42 Å². The van der Waals surface area contributed by atoms with Gasteiger partial charge in [-0.15, -0.1) is 5.10 Å². The van der Waals surface area contributed by atoms with Gasteiger partial charge in [-0.05, 0) is 67.8 Å². The molecular formula is C18H19N3O4S. The molecule has 0 atom stereocenters. The topological polar surface area (TPSA) is 94.2 Å². The number of hydrogen-bond donors (Lipinski definition) is 2. The summed E-state index contributed by atoms with van der Waals surface area (Å²) in [5.41, 5.74) is 6.53. The van der Waals surface area contributed by atoms with Crippen molar-refractivity contribution in [3.63, 3.8) is 0 Å². The first kappa shape index (κ1) is 17.9. The van der Waals surface area contributed by atoms with Gasteiger partial charge in [-0.1, -0.05) is 5.21 Å². The Morgan fingerprint density at radius 1 is 0.962 bits per heavy atom. The first-order chi connectivity index (χ1) is 12.4. The second-order valence-electron chi connectivity index (χ2n) is 5.95. The van der Waals surface area contributed by atoms with Gasteiger partial charge in [0.1, 0.15) is 5.69 Å². The Morgan fingerprint density at radius 3 is 2.27 bits per heavy atom. The Morgan fingerprint density at radius 2 is 1.65 bits per heavy atom. The molecule has 2 aromatic carbocycles. The zero-order valence-electron chi connectivity index (χ0n) is 14.9. The summed E-state index contributed by atoms with van der Waals surface area (Å²) in [6.07, 6.45) is 0. The van der Waals surface area contributed by atoms with Gasteiger partial charge in [0.2, 0.25) is 0 Å². The van der Waals surface area contributed by atoms with Gasteiger partial charge >= 0.3 is 0 Å². The number of rotatable bonds is 5. The number of hydrogen-bond acceptors (Lipinski definition) is 6. The Bertz CT molecular complexity index is 1010. The molecule has 0 fully saturated rings. The highest BCUT2D eigenvalue weighted by Crippen LogP contribution is 2.36. The first-order valence-corrected chi connectivity index (χ1v) is 9.00. The van der Waals surface area contributed by atoms with Crippen molar-refractivity contribution in [1.82, 2.24) is 15.4 Å². The second kappa shape index (κ2) is 7.17. The van der Waals surface area contributed by atoms with Crippen LogP contribution in [-0.4, -0.2) is 30.9 Å². The lowest BCUT2D eigenvalue weighted by Gasteiger charge is -2.10. The number of nitrogens with one attached hydrogen (secondary N) is 1. The number of methoxy groups -OCH3 is 1. The Labute approximate surface area is 153 Å². The van der Waals surface area contributed by atoms with Crippen LogP contribution < -0.4 is 8.92 Å². The summed E-state index contributed by atoms with van der Waals surface area (Å²) in [5, 5.41) is 11.0. The maximum atomic E-state index is 11.0. The van der Waals surface area contributed by atoms with Crippen molar-refractivity contribution >= 4 is 11.0 Å². The standard InChI is InChI=1S/C18H19N3O4S/c1-10-7-14(8-11(2)12(10)3)18-17(19-21-20-18)13-5-6-15(24-4)16(9-13)25-26(22)23/h5-9,26H,1-4H3,(H,19,20,21). The molecule has 0 aliphatic carbocycles. The lowest BCUT2D eigenvalue weighted by molar-refractivity contribution is 0.394. The third-order valence-corrected chi connectivity index (χ3v) is 4.72. The van der Waals surface area contributed by atoms with Crippen molar-refractivity contribution in [3.8, 4) is 34.0 Å². The van der Waals surface area contributed by atoms with E-state index >= 15 is 0 Å². The summed E-state index contributed by atoms with van der Waals surface area (Å²) in [6, 6.07) is 9.12. The van der Waals surface area contributed by atoms with E-state index in [4.69, 9.17) is 8.92 Å². The number of aromatic nitrogens is 3. The van der Waals surface area contributed by atoms with E-state index in [0.29, 0.717) is 22.7 Å². The third kappa shape index (κ3) is 3.41. The summed E-state index contributed by atoms with van der Waals surface area (Å²) in [7, 11) is -1.61. The first-order valence-electron chi connectivity index (χ1n) is 7.90. The van der Waals surface area contributed by atoms with E-state index < -0.39 is 11.0 Å². The fraction of sp³-hybridized carbons (Fsp3) is 0.222. The molecule has 0 saturated carbocycles. The molecule has 8 heteroatoms. The highest BCUT2D eigenvalue weighted by Gasteiger charge is 2.16. The molecule has 0 unspecified atom stereocenters. The van der Waals surface area contributed by atoms with E-state index in [-0.39, 0.29) is 5.75 Å². The fourth-order valence-electron chi connectivity index (χ4n) is 2.79. The van der Waals surface area contributed by atoms with Crippen LogP contribution in [0.25, 0.3) is 22.5 Å². The second-order valence-corrected chi connectivity index (χ2v) is 6.58. The molecule has 1 N–H and O–H groups in total. The summed E-state index contributed by atoms with van der Waals surface area (Å²) < 4.78 is 31.9. The number of H-pyrrole nitrogens is 1. The molecule has 0 amide bonds. The van der Waals surface area contributed by atoms with E-state index in [1.165, 1.54) is 12.7 Å². The quantitative estimate of drug-likeness (QED) is 0.668. The number of aromatic amines is 1. The van der Waals surface area contributed by atoms with E-state index in [9.17, 15) is 8.42 Å². The zero-order chi connectivity index (χ0) is 18.8. The molecule has 0 spiro atoms. The van der Waals surface area contributed by atoms with Crippen molar-refractivity contribution in [2.24, 2.45) is 0 Å². The van der Waals surface area contributed by atoms with Gasteiger partial charge in [0.25, 0.3) is 11.0 Å². The van der Waals surface area contributed by atoms with Gasteiger partial charge in [-0.3, -0.25) is 5.10 Å². The molecule has 0 radical (unpaired) electrons. The smallest absolute Gasteiger partial charge is 0.299 e. The number of thiol groups is 1. The number of aryl methyl sites for hydroxylation is 2. The normalized spacial score (nSPS) is 11.0. The maximum absolute atomic E-state index is 11.0. The summed E-state index contributed by atoms with van der Waals surface area (Å²) in [6.45, 7) is 6.18. The fourth-order valence-corrected chi connectivity index (χ4v) is 3.09. The molecule has 136 valence electrons. The van der Waals surface area contributed by atoms with Gasteiger partial charge in [0.05, 0.1) is 12.8 Å². The molecular weight excluding hydrogens is 354 g/mol. The van der Waals surface area contributed by atoms with Gasteiger partial charge in [0, 0.05) is 11.1 Å². The van der Waals surface area contributed by atoms with Crippen LogP contribution in [0, 0.1) is 20.8 Å². The van der Waals surface area contributed by atoms with Crippen LogP contribution in [0.15, 0.2) is 30.3 Å². The summed E-state index contributed by atoms with van der Waals surface area (Å²) in [4.78, 5) is 0. The largest absolute Gasteiger partial charge is 0.493 e. The van der Waals surface area contributed by atoms with E-state index in [2.05, 4.69) is 48.3 Å². The number of nitrogens with zero attached hydrogens (tertiary/aromatic N) is 2. The van der Waals surface area contributed by atoms with Crippen LogP contribution in [0.5, 0.6) is 11.5 Å². The summed E-state index contributed by atoms with van der Waals surface area (Å²) >= 11 is 0. The van der Waals surface area contributed by atoms with Crippen molar-refractivity contribution < 1.29 is 17.3 Å².